The second-order valence-electron chi connectivity index (χ2n) is 7.78. The number of ether oxygens (including phenoxy) is 3. The first-order chi connectivity index (χ1) is 17.8. The summed E-state index contributed by atoms with van der Waals surface area (Å²) in [4.78, 5) is 17.0. The number of carbonyl (C=O) groups excluding carboxylic acids is 1. The molecule has 0 aliphatic carbocycles. The summed E-state index contributed by atoms with van der Waals surface area (Å²) >= 11 is 0. The number of anilines is 1. The fourth-order valence-electron chi connectivity index (χ4n) is 3.38. The standard InChI is InChI=1S/C26H23F3N4O4/c1-35-15-16-37-25-31-23(17-5-13-22(36-2)14-6-17)33(32-25)21-11-9-20(10-12-21)30-24(34)18-3-7-19(8-4-18)26(27,28)29/h3-14H,15-16H2,1-2H3,(H,30,34). The van der Waals surface area contributed by atoms with E-state index in [1.54, 1.807) is 55.3 Å². The van der Waals surface area contributed by atoms with Gasteiger partial charge < -0.3 is 19.5 Å². The second-order valence-corrected chi connectivity index (χ2v) is 7.78. The Kier molecular flexibility index (Phi) is 7.73. The highest BCUT2D eigenvalue weighted by atomic mass is 19.4. The van der Waals surface area contributed by atoms with Gasteiger partial charge in [0.05, 0.1) is 25.0 Å². The van der Waals surface area contributed by atoms with Gasteiger partial charge in [0.25, 0.3) is 5.91 Å². The highest BCUT2D eigenvalue weighted by Gasteiger charge is 2.30. The van der Waals surface area contributed by atoms with Gasteiger partial charge in [-0.05, 0) is 72.8 Å². The summed E-state index contributed by atoms with van der Waals surface area (Å²) in [5.41, 5.74) is 1.16. The zero-order chi connectivity index (χ0) is 26.4. The van der Waals surface area contributed by atoms with Crippen LogP contribution < -0.4 is 14.8 Å². The number of hydrogen-bond donors (Lipinski definition) is 1. The predicted octanol–water partition coefficient (Wildman–Crippen LogP) is 5.24. The zero-order valence-electron chi connectivity index (χ0n) is 20.0. The number of nitrogens with zero attached hydrogens (tertiary/aromatic N) is 3. The molecule has 0 spiro atoms. The average molecular weight is 512 g/mol. The SMILES string of the molecule is COCCOc1nc(-c2ccc(OC)cc2)n(-c2ccc(NC(=O)c3ccc(C(F)(F)F)cc3)cc2)n1. The number of benzene rings is 3. The van der Waals surface area contributed by atoms with Crippen molar-refractivity contribution < 1.29 is 32.2 Å². The highest BCUT2D eigenvalue weighted by molar-refractivity contribution is 6.04. The molecule has 1 aromatic heterocycles. The molecular weight excluding hydrogens is 489 g/mol. The summed E-state index contributed by atoms with van der Waals surface area (Å²) in [6, 6.07) is 18.2. The van der Waals surface area contributed by atoms with E-state index in [4.69, 9.17) is 14.2 Å². The second kappa shape index (κ2) is 11.1. The van der Waals surface area contributed by atoms with Crippen molar-refractivity contribution in [3.05, 3.63) is 83.9 Å². The number of alkyl halides is 3. The molecule has 0 radical (unpaired) electrons. The first-order valence-corrected chi connectivity index (χ1v) is 11.1. The summed E-state index contributed by atoms with van der Waals surface area (Å²) in [6.07, 6.45) is -4.47. The Labute approximate surface area is 210 Å². The normalized spacial score (nSPS) is 11.3. The van der Waals surface area contributed by atoms with E-state index in [-0.39, 0.29) is 18.2 Å². The van der Waals surface area contributed by atoms with Gasteiger partial charge in [0.15, 0.2) is 5.82 Å². The Morgan fingerprint density at radius 3 is 2.19 bits per heavy atom. The van der Waals surface area contributed by atoms with Gasteiger partial charge in [-0.2, -0.15) is 18.2 Å². The predicted molar refractivity (Wildman–Crippen MR) is 130 cm³/mol. The van der Waals surface area contributed by atoms with Crippen molar-refractivity contribution in [1.82, 2.24) is 14.8 Å². The van der Waals surface area contributed by atoms with Gasteiger partial charge in [0.1, 0.15) is 12.4 Å². The van der Waals surface area contributed by atoms with Crippen LogP contribution in [-0.2, 0) is 10.9 Å². The summed E-state index contributed by atoms with van der Waals surface area (Å²) in [5.74, 6) is 0.686. The number of aromatic nitrogens is 3. The van der Waals surface area contributed by atoms with Crippen LogP contribution in [0.4, 0.5) is 18.9 Å². The van der Waals surface area contributed by atoms with Crippen LogP contribution in [-0.4, -0.2) is 48.1 Å². The van der Waals surface area contributed by atoms with Crippen LogP contribution in [0.1, 0.15) is 15.9 Å². The molecule has 1 N–H and O–H groups in total. The van der Waals surface area contributed by atoms with Gasteiger partial charge in [-0.15, -0.1) is 5.10 Å². The Morgan fingerprint density at radius 1 is 0.919 bits per heavy atom. The minimum absolute atomic E-state index is 0.105. The molecule has 4 aromatic rings. The Balaban J connectivity index is 1.55. The average Bonchev–Trinajstić information content (AvgIpc) is 3.33. The van der Waals surface area contributed by atoms with Crippen LogP contribution in [0.5, 0.6) is 11.8 Å². The molecule has 4 rings (SSSR count). The number of rotatable bonds is 9. The van der Waals surface area contributed by atoms with Crippen molar-refractivity contribution >= 4 is 11.6 Å². The third-order valence-corrected chi connectivity index (χ3v) is 5.30. The van der Waals surface area contributed by atoms with Gasteiger partial charge in [-0.1, -0.05) is 0 Å². The topological polar surface area (TPSA) is 87.5 Å². The molecule has 192 valence electrons. The van der Waals surface area contributed by atoms with Crippen molar-refractivity contribution in [2.24, 2.45) is 0 Å². The molecule has 3 aromatic carbocycles. The number of halogens is 3. The number of carbonyl (C=O) groups is 1. The number of amides is 1. The van der Waals surface area contributed by atoms with Gasteiger partial charge in [0.2, 0.25) is 0 Å². The van der Waals surface area contributed by atoms with E-state index in [9.17, 15) is 18.0 Å². The molecule has 0 saturated heterocycles. The van der Waals surface area contributed by atoms with Crippen molar-refractivity contribution in [2.45, 2.75) is 6.18 Å². The first-order valence-electron chi connectivity index (χ1n) is 11.1. The highest BCUT2D eigenvalue weighted by Crippen LogP contribution is 2.29. The monoisotopic (exact) mass is 512 g/mol. The number of methoxy groups -OCH3 is 2. The Hall–Kier alpha value is -4.38. The molecule has 0 aliphatic rings. The van der Waals surface area contributed by atoms with E-state index in [0.29, 0.717) is 29.6 Å². The Bertz CT molecular complexity index is 1340. The lowest BCUT2D eigenvalue weighted by atomic mass is 10.1. The first kappa shape index (κ1) is 25.7. The molecule has 1 amide bonds. The largest absolute Gasteiger partial charge is 0.497 e. The molecule has 1 heterocycles. The van der Waals surface area contributed by atoms with E-state index >= 15 is 0 Å². The fraction of sp³-hybridized carbons (Fsp3) is 0.192. The quantitative estimate of drug-likeness (QED) is 0.309. The third kappa shape index (κ3) is 6.25. The molecule has 37 heavy (non-hydrogen) atoms. The van der Waals surface area contributed by atoms with Crippen LogP contribution in [0.3, 0.4) is 0 Å². The van der Waals surface area contributed by atoms with Crippen molar-refractivity contribution in [3.63, 3.8) is 0 Å². The maximum Gasteiger partial charge on any atom is 0.416 e. The minimum atomic E-state index is -4.47. The molecule has 0 bridgehead atoms. The van der Waals surface area contributed by atoms with Gasteiger partial charge in [-0.25, -0.2) is 4.68 Å². The van der Waals surface area contributed by atoms with Gasteiger partial charge in [-0.3, -0.25) is 4.79 Å². The van der Waals surface area contributed by atoms with Gasteiger partial charge in [0, 0.05) is 23.9 Å². The van der Waals surface area contributed by atoms with Crippen LogP contribution in [0.25, 0.3) is 17.1 Å². The molecule has 0 saturated carbocycles. The maximum atomic E-state index is 12.8. The van der Waals surface area contributed by atoms with Gasteiger partial charge >= 0.3 is 12.2 Å². The molecule has 0 atom stereocenters. The molecule has 8 nitrogen and oxygen atoms in total. The van der Waals surface area contributed by atoms with Crippen molar-refractivity contribution in [3.8, 4) is 28.8 Å². The summed E-state index contributed by atoms with van der Waals surface area (Å²) < 4.78 is 55.7. The zero-order valence-corrected chi connectivity index (χ0v) is 20.0. The fourth-order valence-corrected chi connectivity index (χ4v) is 3.38. The summed E-state index contributed by atoms with van der Waals surface area (Å²) in [5, 5.41) is 7.13. The van der Waals surface area contributed by atoms with E-state index in [1.807, 2.05) is 12.1 Å². The summed E-state index contributed by atoms with van der Waals surface area (Å²) in [7, 11) is 3.15. The molecule has 0 aliphatic heterocycles. The smallest absolute Gasteiger partial charge is 0.416 e. The Morgan fingerprint density at radius 2 is 1.59 bits per heavy atom. The van der Waals surface area contributed by atoms with Crippen LogP contribution in [0, 0.1) is 0 Å². The van der Waals surface area contributed by atoms with Crippen molar-refractivity contribution in [1.29, 1.82) is 0 Å². The van der Waals surface area contributed by atoms with Crippen LogP contribution in [0.2, 0.25) is 0 Å². The van der Waals surface area contributed by atoms with Crippen LogP contribution >= 0.6 is 0 Å². The van der Waals surface area contributed by atoms with Crippen molar-refractivity contribution in [2.75, 3.05) is 32.8 Å². The number of nitrogens with one attached hydrogen (secondary N) is 1. The number of hydrogen-bond acceptors (Lipinski definition) is 6. The lowest BCUT2D eigenvalue weighted by molar-refractivity contribution is -0.137. The molecule has 0 unspecified atom stereocenters. The lowest BCUT2D eigenvalue weighted by Gasteiger charge is -2.10. The summed E-state index contributed by atoms with van der Waals surface area (Å²) in [6.45, 7) is 0.650. The molecular formula is C26H23F3N4O4. The van der Waals surface area contributed by atoms with E-state index < -0.39 is 17.6 Å². The minimum Gasteiger partial charge on any atom is -0.497 e. The molecule has 0 fully saturated rings. The van der Waals surface area contributed by atoms with E-state index in [1.165, 1.54) is 0 Å². The lowest BCUT2D eigenvalue weighted by Crippen LogP contribution is -2.13. The van der Waals surface area contributed by atoms with E-state index in [0.717, 1.165) is 29.8 Å². The molecule has 11 heteroatoms. The third-order valence-electron chi connectivity index (χ3n) is 5.30. The van der Waals surface area contributed by atoms with E-state index in [2.05, 4.69) is 15.4 Å². The van der Waals surface area contributed by atoms with Crippen LogP contribution in [0.15, 0.2) is 72.8 Å². The maximum absolute atomic E-state index is 12.8.